The predicted molar refractivity (Wildman–Crippen MR) is 34.3 cm³/mol. The molecule has 0 bridgehead atoms. The standard InChI is InChI=1S/C6H12FNO2/c7-6-4(3-9)1-8-2-5(6)10/h4-6,8-10H,1-3H2/t4-,5+,6-/m1/s1. The van der Waals surface area contributed by atoms with Crippen molar-refractivity contribution in [2.24, 2.45) is 5.92 Å². The van der Waals surface area contributed by atoms with E-state index in [-0.39, 0.29) is 13.2 Å². The fourth-order valence-electron chi connectivity index (χ4n) is 1.12. The van der Waals surface area contributed by atoms with Crippen LogP contribution in [0.25, 0.3) is 0 Å². The van der Waals surface area contributed by atoms with Gasteiger partial charge in [-0.2, -0.15) is 0 Å². The summed E-state index contributed by atoms with van der Waals surface area (Å²) >= 11 is 0. The van der Waals surface area contributed by atoms with E-state index in [0.29, 0.717) is 6.54 Å². The first-order valence-electron chi connectivity index (χ1n) is 3.39. The number of aliphatic hydroxyl groups is 2. The van der Waals surface area contributed by atoms with Crippen molar-refractivity contribution >= 4 is 0 Å². The van der Waals surface area contributed by atoms with Gasteiger partial charge in [-0.05, 0) is 0 Å². The van der Waals surface area contributed by atoms with Crippen LogP contribution < -0.4 is 5.32 Å². The van der Waals surface area contributed by atoms with Crippen molar-refractivity contribution in [3.8, 4) is 0 Å². The van der Waals surface area contributed by atoms with E-state index in [9.17, 15) is 4.39 Å². The third kappa shape index (κ3) is 1.45. The second-order valence-electron chi connectivity index (χ2n) is 2.61. The van der Waals surface area contributed by atoms with Gasteiger partial charge in [0.25, 0.3) is 0 Å². The Labute approximate surface area is 58.9 Å². The number of alkyl halides is 1. The van der Waals surface area contributed by atoms with E-state index in [1.807, 2.05) is 0 Å². The van der Waals surface area contributed by atoms with E-state index >= 15 is 0 Å². The summed E-state index contributed by atoms with van der Waals surface area (Å²) in [6.45, 7) is 0.539. The number of aliphatic hydroxyl groups excluding tert-OH is 2. The number of piperidine rings is 1. The van der Waals surface area contributed by atoms with Crippen LogP contribution in [0.2, 0.25) is 0 Å². The zero-order valence-electron chi connectivity index (χ0n) is 5.63. The van der Waals surface area contributed by atoms with Gasteiger partial charge in [0.2, 0.25) is 0 Å². The number of hydrogen-bond donors (Lipinski definition) is 3. The highest BCUT2D eigenvalue weighted by Crippen LogP contribution is 2.14. The van der Waals surface area contributed by atoms with Gasteiger partial charge in [0.05, 0.1) is 6.10 Å². The van der Waals surface area contributed by atoms with E-state index in [2.05, 4.69) is 5.32 Å². The van der Waals surface area contributed by atoms with Crippen LogP contribution in [0.5, 0.6) is 0 Å². The van der Waals surface area contributed by atoms with Crippen LogP contribution in [-0.2, 0) is 0 Å². The lowest BCUT2D eigenvalue weighted by Gasteiger charge is -2.29. The maximum atomic E-state index is 12.8. The molecule has 0 aromatic carbocycles. The van der Waals surface area contributed by atoms with E-state index in [4.69, 9.17) is 10.2 Å². The maximum absolute atomic E-state index is 12.8. The van der Waals surface area contributed by atoms with Crippen molar-refractivity contribution in [3.05, 3.63) is 0 Å². The van der Waals surface area contributed by atoms with E-state index in [1.165, 1.54) is 0 Å². The quantitative estimate of drug-likeness (QED) is 0.443. The average molecular weight is 149 g/mol. The third-order valence-electron chi connectivity index (χ3n) is 1.81. The van der Waals surface area contributed by atoms with Gasteiger partial charge in [0, 0.05) is 25.6 Å². The minimum atomic E-state index is -1.27. The van der Waals surface area contributed by atoms with Crippen LogP contribution in [0.3, 0.4) is 0 Å². The largest absolute Gasteiger partial charge is 0.396 e. The Balaban J connectivity index is 2.42. The molecular weight excluding hydrogens is 137 g/mol. The average Bonchev–Trinajstić information content (AvgIpc) is 1.95. The number of hydrogen-bond acceptors (Lipinski definition) is 3. The first-order chi connectivity index (χ1) is 4.75. The topological polar surface area (TPSA) is 52.5 Å². The number of rotatable bonds is 1. The fraction of sp³-hybridized carbons (Fsp3) is 1.00. The summed E-state index contributed by atoms with van der Waals surface area (Å²) in [6, 6.07) is 0. The van der Waals surface area contributed by atoms with Crippen molar-refractivity contribution in [1.82, 2.24) is 5.32 Å². The summed E-state index contributed by atoms with van der Waals surface area (Å²) in [5.41, 5.74) is 0. The Morgan fingerprint density at radius 3 is 2.70 bits per heavy atom. The number of nitrogens with one attached hydrogen (secondary N) is 1. The second-order valence-corrected chi connectivity index (χ2v) is 2.61. The van der Waals surface area contributed by atoms with Gasteiger partial charge in [-0.15, -0.1) is 0 Å². The molecule has 3 nitrogen and oxygen atoms in total. The van der Waals surface area contributed by atoms with Crippen molar-refractivity contribution in [2.75, 3.05) is 19.7 Å². The Hall–Kier alpha value is -0.190. The molecule has 0 radical (unpaired) electrons. The maximum Gasteiger partial charge on any atom is 0.133 e. The lowest BCUT2D eigenvalue weighted by atomic mass is 9.96. The summed E-state index contributed by atoms with van der Waals surface area (Å²) in [4.78, 5) is 0. The normalized spacial score (nSPS) is 41.7. The highest BCUT2D eigenvalue weighted by atomic mass is 19.1. The molecule has 10 heavy (non-hydrogen) atoms. The first-order valence-corrected chi connectivity index (χ1v) is 3.39. The molecule has 3 atom stereocenters. The van der Waals surface area contributed by atoms with Gasteiger partial charge in [-0.1, -0.05) is 0 Å². The molecule has 0 saturated carbocycles. The summed E-state index contributed by atoms with van der Waals surface area (Å²) in [5.74, 6) is -0.441. The molecule has 0 unspecified atom stereocenters. The molecule has 0 aromatic heterocycles. The molecule has 0 amide bonds. The van der Waals surface area contributed by atoms with E-state index < -0.39 is 18.2 Å². The fourth-order valence-corrected chi connectivity index (χ4v) is 1.12. The number of β-amino-alcohol motifs (C(OH)–C–C–N with tert-alkyl or cyclic N) is 1. The number of halogens is 1. The SMILES string of the molecule is OC[C@H]1CNC[C@H](O)[C@@H]1F. The van der Waals surface area contributed by atoms with Gasteiger partial charge in [0.15, 0.2) is 0 Å². The van der Waals surface area contributed by atoms with Crippen LogP contribution in [-0.4, -0.2) is 42.2 Å². The molecule has 3 N–H and O–H groups in total. The van der Waals surface area contributed by atoms with Gasteiger partial charge >= 0.3 is 0 Å². The van der Waals surface area contributed by atoms with Gasteiger partial charge in [0.1, 0.15) is 6.17 Å². The smallest absolute Gasteiger partial charge is 0.133 e. The van der Waals surface area contributed by atoms with Crippen molar-refractivity contribution in [2.45, 2.75) is 12.3 Å². The van der Waals surface area contributed by atoms with Crippen LogP contribution in [0.15, 0.2) is 0 Å². The molecule has 1 rings (SSSR count). The highest BCUT2D eigenvalue weighted by molar-refractivity contribution is 4.83. The summed E-state index contributed by atoms with van der Waals surface area (Å²) in [6.07, 6.45) is -2.22. The zero-order chi connectivity index (χ0) is 7.56. The second kappa shape index (κ2) is 3.27. The van der Waals surface area contributed by atoms with Crippen molar-refractivity contribution in [1.29, 1.82) is 0 Å². The van der Waals surface area contributed by atoms with Crippen LogP contribution >= 0.6 is 0 Å². The van der Waals surface area contributed by atoms with Crippen LogP contribution in [0.4, 0.5) is 4.39 Å². The van der Waals surface area contributed by atoms with Crippen LogP contribution in [0, 0.1) is 5.92 Å². The van der Waals surface area contributed by atoms with E-state index in [0.717, 1.165) is 0 Å². The minimum absolute atomic E-state index is 0.203. The summed E-state index contributed by atoms with van der Waals surface area (Å²) in [7, 11) is 0. The lowest BCUT2D eigenvalue weighted by Crippen LogP contribution is -2.49. The monoisotopic (exact) mass is 149 g/mol. The molecule has 4 heteroatoms. The zero-order valence-corrected chi connectivity index (χ0v) is 5.63. The predicted octanol–water partition coefficient (Wildman–Crippen LogP) is -1.10. The highest BCUT2D eigenvalue weighted by Gasteiger charge is 2.31. The lowest BCUT2D eigenvalue weighted by molar-refractivity contribution is 0.000116. The van der Waals surface area contributed by atoms with E-state index in [1.54, 1.807) is 0 Å². The molecule has 1 saturated heterocycles. The molecule has 1 heterocycles. The van der Waals surface area contributed by atoms with Crippen molar-refractivity contribution in [3.63, 3.8) is 0 Å². The van der Waals surface area contributed by atoms with Gasteiger partial charge in [-0.3, -0.25) is 0 Å². The van der Waals surface area contributed by atoms with Gasteiger partial charge < -0.3 is 15.5 Å². The summed E-state index contributed by atoms with van der Waals surface area (Å²) < 4.78 is 12.8. The Kier molecular flexibility index (Phi) is 2.59. The third-order valence-corrected chi connectivity index (χ3v) is 1.81. The Bertz CT molecular complexity index is 112. The van der Waals surface area contributed by atoms with Crippen molar-refractivity contribution < 1.29 is 14.6 Å². The molecule has 1 aliphatic rings. The van der Waals surface area contributed by atoms with Gasteiger partial charge in [-0.25, -0.2) is 4.39 Å². The molecule has 60 valence electrons. The Morgan fingerprint density at radius 2 is 2.20 bits per heavy atom. The summed E-state index contributed by atoms with van der Waals surface area (Å²) in [5, 5.41) is 20.3. The first kappa shape index (κ1) is 7.91. The molecule has 1 fully saturated rings. The molecule has 0 spiro atoms. The molecule has 0 aliphatic carbocycles. The Morgan fingerprint density at radius 1 is 1.50 bits per heavy atom. The minimum Gasteiger partial charge on any atom is -0.396 e. The molecular formula is C6H12FNO2. The molecule has 1 aliphatic heterocycles. The van der Waals surface area contributed by atoms with Crippen LogP contribution in [0.1, 0.15) is 0 Å². The molecule has 0 aromatic rings.